The molecule has 0 saturated heterocycles. The first-order valence-electron chi connectivity index (χ1n) is 13.6. The van der Waals surface area contributed by atoms with E-state index < -0.39 is 17.9 Å². The number of esters is 2. The van der Waals surface area contributed by atoms with Crippen LogP contribution >= 0.6 is 23.2 Å². The summed E-state index contributed by atoms with van der Waals surface area (Å²) in [6.07, 6.45) is 1.12. The Morgan fingerprint density at radius 1 is 0.524 bits per heavy atom. The van der Waals surface area contributed by atoms with E-state index in [0.717, 1.165) is 27.8 Å². The van der Waals surface area contributed by atoms with Gasteiger partial charge in [-0.25, -0.2) is 0 Å². The van der Waals surface area contributed by atoms with Gasteiger partial charge in [-0.05, 0) is 59.5 Å². The molecule has 0 unspecified atom stereocenters. The van der Waals surface area contributed by atoms with Crippen molar-refractivity contribution >= 4 is 35.1 Å². The molecule has 0 aliphatic heterocycles. The Morgan fingerprint density at radius 3 is 1.31 bits per heavy atom. The first-order chi connectivity index (χ1) is 20.4. The molecule has 210 valence electrons. The Bertz CT molecular complexity index is 1550. The Kier molecular flexibility index (Phi) is 9.70. The number of benzene rings is 5. The van der Waals surface area contributed by atoms with Crippen LogP contribution in [0.15, 0.2) is 127 Å². The summed E-state index contributed by atoms with van der Waals surface area (Å²) >= 11 is 12.6. The maximum absolute atomic E-state index is 13.7. The highest BCUT2D eigenvalue weighted by Crippen LogP contribution is 2.29. The summed E-state index contributed by atoms with van der Waals surface area (Å²) in [7, 11) is 0. The summed E-state index contributed by atoms with van der Waals surface area (Å²) in [6.45, 7) is 0. The van der Waals surface area contributed by atoms with E-state index in [1.807, 2.05) is 91.0 Å². The van der Waals surface area contributed by atoms with Crippen LogP contribution in [0.2, 0.25) is 10.0 Å². The molecule has 5 rings (SSSR count). The fourth-order valence-electron chi connectivity index (χ4n) is 4.67. The van der Waals surface area contributed by atoms with Crippen molar-refractivity contribution in [1.82, 2.24) is 0 Å². The standard InChI is InChI=1S/C36H28Cl2O4/c37-30-16-18-33(28(23-30)20-25-10-4-1-5-11-25)41-35(39)32(22-27-14-8-3-9-15-27)36(40)42-34-19-17-31(38)24-29(34)21-26-12-6-2-7-13-26/h1-19,23-24,32H,20-22H2. The number of hydrogen-bond acceptors (Lipinski definition) is 4. The second kappa shape index (κ2) is 14.0. The summed E-state index contributed by atoms with van der Waals surface area (Å²) in [5.74, 6) is -1.95. The molecule has 0 amide bonds. The van der Waals surface area contributed by atoms with Crippen LogP contribution in [-0.2, 0) is 28.9 Å². The number of carbonyl (C=O) groups excluding carboxylic acids is 2. The van der Waals surface area contributed by atoms with E-state index in [1.54, 1.807) is 36.4 Å². The number of ether oxygens (including phenoxy) is 2. The minimum Gasteiger partial charge on any atom is -0.426 e. The lowest BCUT2D eigenvalue weighted by atomic mass is 9.99. The van der Waals surface area contributed by atoms with E-state index in [0.29, 0.717) is 34.4 Å². The van der Waals surface area contributed by atoms with E-state index in [-0.39, 0.29) is 6.42 Å². The molecule has 0 spiro atoms. The molecular weight excluding hydrogens is 567 g/mol. The molecule has 6 heteroatoms. The molecule has 0 aliphatic rings. The highest BCUT2D eigenvalue weighted by molar-refractivity contribution is 6.31. The molecule has 0 radical (unpaired) electrons. The Hall–Kier alpha value is -4.38. The van der Waals surface area contributed by atoms with Crippen molar-refractivity contribution in [2.75, 3.05) is 0 Å². The molecule has 0 heterocycles. The Labute approximate surface area is 255 Å². The molecule has 0 aromatic heterocycles. The van der Waals surface area contributed by atoms with Crippen molar-refractivity contribution < 1.29 is 19.1 Å². The molecule has 0 bridgehead atoms. The van der Waals surface area contributed by atoms with Crippen molar-refractivity contribution in [2.45, 2.75) is 19.3 Å². The predicted octanol–water partition coefficient (Wildman–Crippen LogP) is 8.54. The van der Waals surface area contributed by atoms with Crippen molar-refractivity contribution in [2.24, 2.45) is 5.92 Å². The summed E-state index contributed by atoms with van der Waals surface area (Å²) in [6, 6.07) is 39.1. The van der Waals surface area contributed by atoms with Gasteiger partial charge >= 0.3 is 11.9 Å². The molecule has 0 aliphatic carbocycles. The monoisotopic (exact) mass is 594 g/mol. The smallest absolute Gasteiger partial charge is 0.326 e. The van der Waals surface area contributed by atoms with Crippen LogP contribution in [0, 0.1) is 5.92 Å². The Balaban J connectivity index is 1.41. The minimum absolute atomic E-state index is 0.113. The first-order valence-corrected chi connectivity index (χ1v) is 14.3. The highest BCUT2D eigenvalue weighted by atomic mass is 35.5. The van der Waals surface area contributed by atoms with Crippen LogP contribution in [0.1, 0.15) is 27.8 Å². The van der Waals surface area contributed by atoms with Crippen LogP contribution < -0.4 is 9.47 Å². The molecule has 0 saturated carbocycles. The van der Waals surface area contributed by atoms with E-state index in [2.05, 4.69) is 0 Å². The van der Waals surface area contributed by atoms with Crippen molar-refractivity contribution in [3.8, 4) is 11.5 Å². The third kappa shape index (κ3) is 7.88. The maximum atomic E-state index is 13.7. The largest absolute Gasteiger partial charge is 0.426 e. The van der Waals surface area contributed by atoms with E-state index >= 15 is 0 Å². The molecule has 5 aromatic rings. The van der Waals surface area contributed by atoms with Gasteiger partial charge in [0.05, 0.1) is 0 Å². The lowest BCUT2D eigenvalue weighted by Crippen LogP contribution is -2.33. The number of halogens is 2. The van der Waals surface area contributed by atoms with Gasteiger partial charge < -0.3 is 9.47 Å². The van der Waals surface area contributed by atoms with E-state index in [9.17, 15) is 9.59 Å². The molecule has 4 nitrogen and oxygen atoms in total. The summed E-state index contributed by atoms with van der Waals surface area (Å²) in [5.41, 5.74) is 4.34. The SMILES string of the molecule is O=C(Oc1ccc(Cl)cc1Cc1ccccc1)C(Cc1ccccc1)C(=O)Oc1ccc(Cl)cc1Cc1ccccc1. The van der Waals surface area contributed by atoms with E-state index in [1.165, 1.54) is 0 Å². The van der Waals surface area contributed by atoms with E-state index in [4.69, 9.17) is 32.7 Å². The number of carbonyl (C=O) groups is 2. The highest BCUT2D eigenvalue weighted by Gasteiger charge is 2.32. The average molecular weight is 596 g/mol. The van der Waals surface area contributed by atoms with Crippen LogP contribution in [-0.4, -0.2) is 11.9 Å². The predicted molar refractivity (Wildman–Crippen MR) is 166 cm³/mol. The number of rotatable bonds is 10. The lowest BCUT2D eigenvalue weighted by Gasteiger charge is -2.18. The van der Waals surface area contributed by atoms with Gasteiger partial charge in [0, 0.05) is 34.0 Å². The lowest BCUT2D eigenvalue weighted by molar-refractivity contribution is -0.151. The topological polar surface area (TPSA) is 52.6 Å². The van der Waals surface area contributed by atoms with Crippen LogP contribution in [0.3, 0.4) is 0 Å². The molecule has 0 fully saturated rings. The van der Waals surface area contributed by atoms with Gasteiger partial charge in [0.15, 0.2) is 5.92 Å². The van der Waals surface area contributed by atoms with Gasteiger partial charge in [0.25, 0.3) is 0 Å². The maximum Gasteiger partial charge on any atom is 0.326 e. The summed E-state index contributed by atoms with van der Waals surface area (Å²) < 4.78 is 11.8. The first kappa shape index (κ1) is 29.1. The zero-order chi connectivity index (χ0) is 29.3. The van der Waals surface area contributed by atoms with Crippen molar-refractivity contribution in [3.05, 3.63) is 165 Å². The van der Waals surface area contributed by atoms with Crippen LogP contribution in [0.5, 0.6) is 11.5 Å². The molecule has 42 heavy (non-hydrogen) atoms. The van der Waals surface area contributed by atoms with Gasteiger partial charge in [-0.15, -0.1) is 0 Å². The second-order valence-corrected chi connectivity index (χ2v) is 10.8. The van der Waals surface area contributed by atoms with Gasteiger partial charge in [0.2, 0.25) is 0 Å². The van der Waals surface area contributed by atoms with Gasteiger partial charge in [-0.2, -0.15) is 0 Å². The molecular formula is C36H28Cl2O4. The number of hydrogen-bond donors (Lipinski definition) is 0. The minimum atomic E-state index is -1.21. The van der Waals surface area contributed by atoms with Gasteiger partial charge in [-0.3, -0.25) is 9.59 Å². The quantitative estimate of drug-likeness (QED) is 0.0923. The molecule has 5 aromatic carbocycles. The summed E-state index contributed by atoms with van der Waals surface area (Å²) in [5, 5.41) is 1.05. The zero-order valence-electron chi connectivity index (χ0n) is 22.7. The molecule has 0 N–H and O–H groups in total. The van der Waals surface area contributed by atoms with Gasteiger partial charge in [-0.1, -0.05) is 114 Å². The average Bonchev–Trinajstić information content (AvgIpc) is 3.00. The Morgan fingerprint density at radius 2 is 0.905 bits per heavy atom. The third-order valence-electron chi connectivity index (χ3n) is 6.79. The normalized spacial score (nSPS) is 10.8. The van der Waals surface area contributed by atoms with Crippen molar-refractivity contribution in [3.63, 3.8) is 0 Å². The fraction of sp³-hybridized carbons (Fsp3) is 0.111. The van der Waals surface area contributed by atoms with Crippen LogP contribution in [0.25, 0.3) is 0 Å². The molecule has 0 atom stereocenters. The second-order valence-electron chi connectivity index (χ2n) is 9.91. The van der Waals surface area contributed by atoms with Gasteiger partial charge in [0.1, 0.15) is 11.5 Å². The van der Waals surface area contributed by atoms with Crippen molar-refractivity contribution in [1.29, 1.82) is 0 Å². The van der Waals surface area contributed by atoms with Crippen LogP contribution in [0.4, 0.5) is 0 Å². The fourth-order valence-corrected chi connectivity index (χ4v) is 5.06. The zero-order valence-corrected chi connectivity index (χ0v) is 24.2. The summed E-state index contributed by atoms with van der Waals surface area (Å²) in [4.78, 5) is 27.4. The third-order valence-corrected chi connectivity index (χ3v) is 7.26.